The molecule has 0 spiro atoms. The molecule has 0 saturated heterocycles. The summed E-state index contributed by atoms with van der Waals surface area (Å²) in [6.07, 6.45) is 3.43. The Labute approximate surface area is 119 Å². The molecule has 2 aromatic rings. The molecule has 0 unspecified atom stereocenters. The number of H-pyrrole nitrogens is 1. The quantitative estimate of drug-likeness (QED) is 0.535. The third-order valence-corrected chi connectivity index (χ3v) is 2.99. The monoisotopic (exact) mass is 322 g/mol. The van der Waals surface area contributed by atoms with Crippen LogP contribution in [0.2, 0.25) is 0 Å². The molecule has 1 aromatic carbocycles. The number of nitrogens with zero attached hydrogens (tertiary/aromatic N) is 3. The fourth-order valence-electron chi connectivity index (χ4n) is 1.31. The maximum absolute atomic E-state index is 4.96. The zero-order valence-corrected chi connectivity index (χ0v) is 12.1. The molecule has 1 aromatic heterocycles. The molecule has 0 radical (unpaired) electrons. The van der Waals surface area contributed by atoms with Crippen LogP contribution in [-0.4, -0.2) is 23.2 Å². The second-order valence-corrected chi connectivity index (χ2v) is 4.88. The van der Waals surface area contributed by atoms with Crippen molar-refractivity contribution in [3.63, 3.8) is 0 Å². The lowest BCUT2D eigenvalue weighted by Gasteiger charge is -2.11. The number of hydrogen-bond acceptors (Lipinski definition) is 4. The number of aromatic nitrogens is 2. The van der Waals surface area contributed by atoms with Gasteiger partial charge in [0.25, 0.3) is 0 Å². The molecule has 1 heterocycles. The van der Waals surface area contributed by atoms with Crippen molar-refractivity contribution in [2.45, 2.75) is 0 Å². The zero-order valence-electron chi connectivity index (χ0n) is 9.67. The van der Waals surface area contributed by atoms with E-state index >= 15 is 0 Å². The minimum absolute atomic E-state index is 0.443. The van der Waals surface area contributed by atoms with E-state index in [4.69, 9.17) is 12.2 Å². The van der Waals surface area contributed by atoms with Crippen molar-refractivity contribution in [1.29, 1.82) is 0 Å². The molecule has 2 rings (SSSR count). The van der Waals surface area contributed by atoms with E-state index in [0.717, 1.165) is 15.9 Å². The minimum atomic E-state index is 0.443. The van der Waals surface area contributed by atoms with Crippen LogP contribution in [0.4, 0.5) is 5.82 Å². The summed E-state index contributed by atoms with van der Waals surface area (Å²) < 4.78 is 1.49. The van der Waals surface area contributed by atoms with E-state index in [1.54, 1.807) is 17.4 Å². The summed E-state index contributed by atoms with van der Waals surface area (Å²) in [5, 5.41) is 6.03. The molecule has 0 fully saturated rings. The van der Waals surface area contributed by atoms with E-state index in [1.807, 2.05) is 37.4 Å². The molecule has 1 N–H and O–H groups in total. The van der Waals surface area contributed by atoms with Crippen LogP contribution in [0.25, 0.3) is 0 Å². The molecule has 0 saturated carbocycles. The number of benzene rings is 1. The van der Waals surface area contributed by atoms with Crippen LogP contribution in [0.15, 0.2) is 46.1 Å². The molecule has 6 heteroatoms. The summed E-state index contributed by atoms with van der Waals surface area (Å²) in [7, 11) is 1.84. The van der Waals surface area contributed by atoms with Gasteiger partial charge in [-0.2, -0.15) is 5.10 Å². The Hall–Kier alpha value is -1.53. The fraction of sp³-hybridized carbons (Fsp3) is 0.0833. The Morgan fingerprint density at radius 3 is 2.72 bits per heavy atom. The highest BCUT2D eigenvalue weighted by molar-refractivity contribution is 9.10. The van der Waals surface area contributed by atoms with E-state index in [1.165, 1.54) is 0 Å². The van der Waals surface area contributed by atoms with Crippen LogP contribution in [0.1, 0.15) is 5.56 Å². The standard InChI is InChI=1S/C12H11BrN4S/c1-17(11-6-7-14-12(18)16-11)15-8-9-2-4-10(13)5-3-9/h2-8H,1H3,(H,14,16,18)/b15-8-. The van der Waals surface area contributed by atoms with Crippen molar-refractivity contribution in [2.24, 2.45) is 5.10 Å². The normalized spacial score (nSPS) is 10.8. The summed E-state index contributed by atoms with van der Waals surface area (Å²) in [4.78, 5) is 6.89. The number of anilines is 1. The predicted octanol–water partition coefficient (Wildman–Crippen LogP) is 3.37. The van der Waals surface area contributed by atoms with Gasteiger partial charge in [0, 0.05) is 17.7 Å². The summed E-state index contributed by atoms with van der Waals surface area (Å²) in [5.74, 6) is 0.795. The highest BCUT2D eigenvalue weighted by atomic mass is 79.9. The van der Waals surface area contributed by atoms with Gasteiger partial charge in [0.05, 0.1) is 6.21 Å². The van der Waals surface area contributed by atoms with E-state index in [0.29, 0.717) is 4.77 Å². The first kappa shape index (κ1) is 12.9. The number of hydrogen-bond donors (Lipinski definition) is 1. The largest absolute Gasteiger partial charge is 0.316 e. The smallest absolute Gasteiger partial charge is 0.198 e. The Bertz CT molecular complexity index is 606. The number of hydrazone groups is 1. The van der Waals surface area contributed by atoms with Gasteiger partial charge in [0.15, 0.2) is 4.77 Å². The van der Waals surface area contributed by atoms with Crippen LogP contribution in [-0.2, 0) is 0 Å². The molecule has 0 atom stereocenters. The highest BCUT2D eigenvalue weighted by Crippen LogP contribution is 2.10. The van der Waals surface area contributed by atoms with Crippen LogP contribution in [0, 0.1) is 4.77 Å². The van der Waals surface area contributed by atoms with E-state index in [2.05, 4.69) is 31.0 Å². The molecular formula is C12H11BrN4S. The third kappa shape index (κ3) is 3.48. The molecule has 4 nitrogen and oxygen atoms in total. The second-order valence-electron chi connectivity index (χ2n) is 3.58. The number of nitrogens with one attached hydrogen (secondary N) is 1. The highest BCUT2D eigenvalue weighted by Gasteiger charge is 1.97. The number of halogens is 1. The Balaban J connectivity index is 2.14. The Morgan fingerprint density at radius 2 is 2.06 bits per heavy atom. The maximum atomic E-state index is 4.96. The van der Waals surface area contributed by atoms with Gasteiger partial charge in [-0.15, -0.1) is 0 Å². The first-order valence-electron chi connectivity index (χ1n) is 5.24. The third-order valence-electron chi connectivity index (χ3n) is 2.26. The molecular weight excluding hydrogens is 312 g/mol. The van der Waals surface area contributed by atoms with Gasteiger partial charge in [-0.1, -0.05) is 28.1 Å². The SMILES string of the molecule is CN(/N=C\c1ccc(Br)cc1)c1ccnc(=S)[nH]1. The summed E-state index contributed by atoms with van der Waals surface area (Å²) >= 11 is 8.35. The molecule has 0 bridgehead atoms. The van der Waals surface area contributed by atoms with Gasteiger partial charge in [0.2, 0.25) is 0 Å². The number of aromatic amines is 1. The van der Waals surface area contributed by atoms with Crippen molar-refractivity contribution in [3.8, 4) is 0 Å². The van der Waals surface area contributed by atoms with Crippen LogP contribution >= 0.6 is 28.1 Å². The summed E-state index contributed by atoms with van der Waals surface area (Å²) in [6, 6.07) is 9.73. The maximum Gasteiger partial charge on any atom is 0.198 e. The molecule has 0 aliphatic carbocycles. The van der Waals surface area contributed by atoms with Crippen LogP contribution in [0.3, 0.4) is 0 Å². The van der Waals surface area contributed by atoms with Crippen molar-refractivity contribution in [1.82, 2.24) is 9.97 Å². The average molecular weight is 323 g/mol. The van der Waals surface area contributed by atoms with E-state index < -0.39 is 0 Å². The topological polar surface area (TPSA) is 44.3 Å². The van der Waals surface area contributed by atoms with Crippen molar-refractivity contribution in [2.75, 3.05) is 12.1 Å². The molecule has 0 amide bonds. The molecule has 0 aliphatic heterocycles. The zero-order chi connectivity index (χ0) is 13.0. The fourth-order valence-corrected chi connectivity index (χ4v) is 1.74. The first-order chi connectivity index (χ1) is 8.65. The van der Waals surface area contributed by atoms with Gasteiger partial charge in [0.1, 0.15) is 5.82 Å². The van der Waals surface area contributed by atoms with E-state index in [-0.39, 0.29) is 0 Å². The minimum Gasteiger partial charge on any atom is -0.316 e. The second kappa shape index (κ2) is 5.88. The summed E-state index contributed by atoms with van der Waals surface area (Å²) in [6.45, 7) is 0. The van der Waals surface area contributed by atoms with Gasteiger partial charge < -0.3 is 4.98 Å². The molecule has 0 aliphatic rings. The van der Waals surface area contributed by atoms with Crippen molar-refractivity contribution < 1.29 is 0 Å². The Kier molecular flexibility index (Phi) is 4.22. The lowest BCUT2D eigenvalue weighted by molar-refractivity contribution is 0.960. The van der Waals surface area contributed by atoms with Gasteiger partial charge >= 0.3 is 0 Å². The predicted molar refractivity (Wildman–Crippen MR) is 79.6 cm³/mol. The van der Waals surface area contributed by atoms with E-state index in [9.17, 15) is 0 Å². The molecule has 92 valence electrons. The van der Waals surface area contributed by atoms with Crippen LogP contribution < -0.4 is 5.01 Å². The van der Waals surface area contributed by atoms with Crippen LogP contribution in [0.5, 0.6) is 0 Å². The van der Waals surface area contributed by atoms with Crippen molar-refractivity contribution >= 4 is 40.2 Å². The van der Waals surface area contributed by atoms with Gasteiger partial charge in [-0.25, -0.2) is 4.98 Å². The first-order valence-corrected chi connectivity index (χ1v) is 6.44. The number of rotatable bonds is 3. The average Bonchev–Trinajstić information content (AvgIpc) is 2.38. The lowest BCUT2D eigenvalue weighted by Crippen LogP contribution is -2.10. The Morgan fingerprint density at radius 1 is 1.33 bits per heavy atom. The van der Waals surface area contributed by atoms with Gasteiger partial charge in [-0.3, -0.25) is 5.01 Å². The van der Waals surface area contributed by atoms with Crippen molar-refractivity contribution in [3.05, 3.63) is 51.3 Å². The summed E-state index contributed by atoms with van der Waals surface area (Å²) in [5.41, 5.74) is 1.03. The lowest BCUT2D eigenvalue weighted by atomic mass is 10.2. The molecule has 18 heavy (non-hydrogen) atoms. The van der Waals surface area contributed by atoms with Gasteiger partial charge in [-0.05, 0) is 36.0 Å².